The summed E-state index contributed by atoms with van der Waals surface area (Å²) >= 11 is 0. The minimum atomic E-state index is -0.103. The SMILES string of the molecule is COc1c(N)cccc1-c1cnc(N(C)C(C)=O)cn1. The number of nitrogens with zero attached hydrogens (tertiary/aromatic N) is 3. The summed E-state index contributed by atoms with van der Waals surface area (Å²) in [6, 6.07) is 5.44. The van der Waals surface area contributed by atoms with Crippen molar-refractivity contribution in [2.75, 3.05) is 24.8 Å². The van der Waals surface area contributed by atoms with Crippen LogP contribution in [0.5, 0.6) is 5.75 Å². The van der Waals surface area contributed by atoms with Crippen LogP contribution in [0, 0.1) is 0 Å². The number of methoxy groups -OCH3 is 1. The molecule has 0 unspecified atom stereocenters. The van der Waals surface area contributed by atoms with E-state index in [1.165, 1.54) is 11.8 Å². The topological polar surface area (TPSA) is 81.3 Å². The highest BCUT2D eigenvalue weighted by molar-refractivity contribution is 5.89. The van der Waals surface area contributed by atoms with Crippen LogP contribution >= 0.6 is 0 Å². The van der Waals surface area contributed by atoms with Crippen molar-refractivity contribution >= 4 is 17.4 Å². The van der Waals surface area contributed by atoms with E-state index in [0.717, 1.165) is 5.56 Å². The van der Waals surface area contributed by atoms with Crippen LogP contribution in [-0.2, 0) is 4.79 Å². The molecule has 0 fully saturated rings. The molecule has 0 aliphatic carbocycles. The first-order valence-electron chi connectivity index (χ1n) is 6.03. The first-order chi connectivity index (χ1) is 9.54. The smallest absolute Gasteiger partial charge is 0.224 e. The number of anilines is 2. The van der Waals surface area contributed by atoms with Crippen LogP contribution < -0.4 is 15.4 Å². The molecular weight excluding hydrogens is 256 g/mol. The average molecular weight is 272 g/mol. The van der Waals surface area contributed by atoms with E-state index in [2.05, 4.69) is 9.97 Å². The van der Waals surface area contributed by atoms with Gasteiger partial charge >= 0.3 is 0 Å². The molecule has 2 rings (SSSR count). The Hall–Kier alpha value is -2.63. The van der Waals surface area contributed by atoms with Gasteiger partial charge in [0.15, 0.2) is 11.6 Å². The molecule has 0 saturated carbocycles. The zero-order valence-corrected chi connectivity index (χ0v) is 11.6. The highest BCUT2D eigenvalue weighted by atomic mass is 16.5. The summed E-state index contributed by atoms with van der Waals surface area (Å²) in [4.78, 5) is 21.2. The number of ether oxygens (including phenoxy) is 1. The van der Waals surface area contributed by atoms with E-state index in [9.17, 15) is 4.79 Å². The highest BCUT2D eigenvalue weighted by Gasteiger charge is 2.12. The molecule has 1 aromatic carbocycles. The van der Waals surface area contributed by atoms with Crippen molar-refractivity contribution in [3.63, 3.8) is 0 Å². The van der Waals surface area contributed by atoms with Crippen LogP contribution in [0.1, 0.15) is 6.92 Å². The monoisotopic (exact) mass is 272 g/mol. The molecule has 2 aromatic rings. The average Bonchev–Trinajstić information content (AvgIpc) is 2.46. The van der Waals surface area contributed by atoms with Crippen LogP contribution in [0.25, 0.3) is 11.3 Å². The molecule has 20 heavy (non-hydrogen) atoms. The van der Waals surface area contributed by atoms with Crippen molar-refractivity contribution in [3.05, 3.63) is 30.6 Å². The van der Waals surface area contributed by atoms with E-state index in [1.54, 1.807) is 32.6 Å². The van der Waals surface area contributed by atoms with Crippen molar-refractivity contribution in [3.8, 4) is 17.0 Å². The molecule has 6 heteroatoms. The summed E-state index contributed by atoms with van der Waals surface area (Å²) in [6.07, 6.45) is 3.13. The molecule has 1 amide bonds. The number of nitrogen functional groups attached to an aromatic ring is 1. The number of hydrogen-bond donors (Lipinski definition) is 1. The molecule has 0 bridgehead atoms. The Balaban J connectivity index is 2.40. The van der Waals surface area contributed by atoms with Gasteiger partial charge in [0.25, 0.3) is 0 Å². The number of amides is 1. The molecule has 0 aliphatic heterocycles. The molecule has 0 spiro atoms. The van der Waals surface area contributed by atoms with Gasteiger partial charge in [0.2, 0.25) is 5.91 Å². The van der Waals surface area contributed by atoms with Gasteiger partial charge in [-0.25, -0.2) is 4.98 Å². The molecule has 0 aliphatic rings. The number of benzene rings is 1. The lowest BCUT2D eigenvalue weighted by molar-refractivity contribution is -0.116. The van der Waals surface area contributed by atoms with Gasteiger partial charge in [0.05, 0.1) is 30.9 Å². The number of para-hydroxylation sites is 1. The third kappa shape index (κ3) is 2.54. The Morgan fingerprint density at radius 1 is 1.30 bits per heavy atom. The molecule has 0 radical (unpaired) electrons. The van der Waals surface area contributed by atoms with Crippen LogP contribution in [-0.4, -0.2) is 30.0 Å². The van der Waals surface area contributed by atoms with Crippen LogP contribution in [0.15, 0.2) is 30.6 Å². The van der Waals surface area contributed by atoms with Gasteiger partial charge in [-0.05, 0) is 12.1 Å². The molecule has 0 saturated heterocycles. The summed E-state index contributed by atoms with van der Waals surface area (Å²) in [6.45, 7) is 1.47. The molecule has 0 atom stereocenters. The maximum Gasteiger partial charge on any atom is 0.224 e. The third-order valence-corrected chi connectivity index (χ3v) is 2.98. The van der Waals surface area contributed by atoms with E-state index >= 15 is 0 Å². The number of rotatable bonds is 3. The van der Waals surface area contributed by atoms with Crippen molar-refractivity contribution in [2.45, 2.75) is 6.92 Å². The summed E-state index contributed by atoms with van der Waals surface area (Å²) in [7, 11) is 3.20. The predicted octanol–water partition coefficient (Wildman–Crippen LogP) is 1.72. The van der Waals surface area contributed by atoms with Crippen LogP contribution in [0.2, 0.25) is 0 Å². The Morgan fingerprint density at radius 3 is 2.60 bits per heavy atom. The second kappa shape index (κ2) is 5.56. The fourth-order valence-corrected chi connectivity index (χ4v) is 1.78. The summed E-state index contributed by atoms with van der Waals surface area (Å²) in [5.74, 6) is 0.951. The lowest BCUT2D eigenvalue weighted by atomic mass is 10.1. The second-order valence-electron chi connectivity index (χ2n) is 4.27. The van der Waals surface area contributed by atoms with E-state index in [4.69, 9.17) is 10.5 Å². The minimum absolute atomic E-state index is 0.103. The second-order valence-corrected chi connectivity index (χ2v) is 4.27. The van der Waals surface area contributed by atoms with Crippen LogP contribution in [0.4, 0.5) is 11.5 Å². The van der Waals surface area contributed by atoms with Crippen LogP contribution in [0.3, 0.4) is 0 Å². The quantitative estimate of drug-likeness (QED) is 0.860. The zero-order valence-electron chi connectivity index (χ0n) is 11.6. The molecule has 1 aromatic heterocycles. The van der Waals surface area contributed by atoms with E-state index < -0.39 is 0 Å². The molecule has 2 N–H and O–H groups in total. The number of nitrogens with two attached hydrogens (primary N) is 1. The van der Waals surface area contributed by atoms with E-state index in [1.807, 2.05) is 12.1 Å². The lowest BCUT2D eigenvalue weighted by Crippen LogP contribution is -2.23. The first-order valence-corrected chi connectivity index (χ1v) is 6.03. The fourth-order valence-electron chi connectivity index (χ4n) is 1.78. The van der Waals surface area contributed by atoms with Gasteiger partial charge in [-0.3, -0.25) is 14.7 Å². The summed E-state index contributed by atoms with van der Waals surface area (Å²) in [5, 5.41) is 0. The van der Waals surface area contributed by atoms with Crippen molar-refractivity contribution in [2.24, 2.45) is 0 Å². The van der Waals surface area contributed by atoms with E-state index in [-0.39, 0.29) is 5.91 Å². The largest absolute Gasteiger partial charge is 0.494 e. The van der Waals surface area contributed by atoms with Gasteiger partial charge in [0, 0.05) is 19.5 Å². The fraction of sp³-hybridized carbons (Fsp3) is 0.214. The lowest BCUT2D eigenvalue weighted by Gasteiger charge is -2.14. The molecule has 1 heterocycles. The Labute approximate surface area is 117 Å². The van der Waals surface area contributed by atoms with Crippen molar-refractivity contribution in [1.82, 2.24) is 9.97 Å². The van der Waals surface area contributed by atoms with Crippen molar-refractivity contribution < 1.29 is 9.53 Å². The molecule has 6 nitrogen and oxygen atoms in total. The van der Waals surface area contributed by atoms with Gasteiger partial charge < -0.3 is 10.5 Å². The maximum atomic E-state index is 11.3. The third-order valence-electron chi connectivity index (χ3n) is 2.98. The van der Waals surface area contributed by atoms with Gasteiger partial charge in [-0.2, -0.15) is 0 Å². The molecule has 104 valence electrons. The Kier molecular flexibility index (Phi) is 3.84. The number of aromatic nitrogens is 2. The minimum Gasteiger partial charge on any atom is -0.494 e. The summed E-state index contributed by atoms with van der Waals surface area (Å²) in [5.41, 5.74) is 7.79. The number of carbonyl (C=O) groups is 1. The highest BCUT2D eigenvalue weighted by Crippen LogP contribution is 2.33. The van der Waals surface area contributed by atoms with E-state index in [0.29, 0.717) is 22.9 Å². The summed E-state index contributed by atoms with van der Waals surface area (Å²) < 4.78 is 5.29. The number of hydrogen-bond acceptors (Lipinski definition) is 5. The molecular formula is C14H16N4O2. The zero-order chi connectivity index (χ0) is 14.7. The Bertz CT molecular complexity index is 626. The predicted molar refractivity (Wildman–Crippen MR) is 77.5 cm³/mol. The maximum absolute atomic E-state index is 11.3. The number of carbonyl (C=O) groups excluding carboxylic acids is 1. The van der Waals surface area contributed by atoms with Gasteiger partial charge in [-0.15, -0.1) is 0 Å². The standard InChI is InChI=1S/C14H16N4O2/c1-9(19)18(2)13-8-16-12(7-17-13)10-5-4-6-11(15)14(10)20-3/h4-8H,15H2,1-3H3. The normalized spacial score (nSPS) is 10.2. The first kappa shape index (κ1) is 13.8. The Morgan fingerprint density at radius 2 is 2.05 bits per heavy atom. The van der Waals surface area contributed by atoms with Crippen molar-refractivity contribution in [1.29, 1.82) is 0 Å². The van der Waals surface area contributed by atoms with Gasteiger partial charge in [-0.1, -0.05) is 6.07 Å². The van der Waals surface area contributed by atoms with Gasteiger partial charge in [0.1, 0.15) is 0 Å².